The summed E-state index contributed by atoms with van der Waals surface area (Å²) < 4.78 is 0. The highest BCUT2D eigenvalue weighted by Crippen LogP contribution is 2.67. The SMILES string of the molecule is CC(=O)[C@H]1CC[C@H]2[C@@H]3C[C@@H](C)[C@H]4C[C@H](O)CC[C@]4(C)[C@H]3C(=O)C[C@]12C. The van der Waals surface area contributed by atoms with Crippen LogP contribution in [0.5, 0.6) is 0 Å². The summed E-state index contributed by atoms with van der Waals surface area (Å²) in [6, 6.07) is 0. The smallest absolute Gasteiger partial charge is 0.137 e. The third-order valence-corrected chi connectivity index (χ3v) is 9.18. The molecule has 0 bridgehead atoms. The number of hydrogen-bond acceptors (Lipinski definition) is 3. The minimum atomic E-state index is -0.186. The lowest BCUT2D eigenvalue weighted by atomic mass is 9.42. The summed E-state index contributed by atoms with van der Waals surface area (Å²) in [5.41, 5.74) is -0.0601. The van der Waals surface area contributed by atoms with Crippen molar-refractivity contribution in [2.45, 2.75) is 78.7 Å². The van der Waals surface area contributed by atoms with E-state index in [1.807, 2.05) is 0 Å². The van der Waals surface area contributed by atoms with E-state index in [4.69, 9.17) is 0 Å². The van der Waals surface area contributed by atoms with E-state index in [0.717, 1.165) is 38.5 Å². The number of ketones is 2. The molecule has 0 spiro atoms. The predicted octanol–water partition coefficient (Wildman–Crippen LogP) is 4.02. The molecule has 1 N–H and O–H groups in total. The number of hydrogen-bond donors (Lipinski definition) is 1. The lowest BCUT2D eigenvalue weighted by Gasteiger charge is -2.61. The van der Waals surface area contributed by atoms with Gasteiger partial charge in [-0.25, -0.2) is 0 Å². The van der Waals surface area contributed by atoms with Gasteiger partial charge in [0, 0.05) is 18.3 Å². The van der Waals surface area contributed by atoms with E-state index in [1.165, 1.54) is 0 Å². The summed E-state index contributed by atoms with van der Waals surface area (Å²) in [5, 5.41) is 10.2. The number of rotatable bonds is 1. The summed E-state index contributed by atoms with van der Waals surface area (Å²) in [5.74, 6) is 2.95. The van der Waals surface area contributed by atoms with E-state index >= 15 is 0 Å². The lowest BCUT2D eigenvalue weighted by Crippen LogP contribution is -2.59. The average molecular weight is 347 g/mol. The maximum atomic E-state index is 13.4. The Kier molecular flexibility index (Phi) is 4.00. The third kappa shape index (κ3) is 2.33. The molecule has 0 amide bonds. The fraction of sp³-hybridized carbons (Fsp3) is 0.909. The van der Waals surface area contributed by atoms with E-state index in [9.17, 15) is 14.7 Å². The summed E-state index contributed by atoms with van der Waals surface area (Å²) in [4.78, 5) is 25.6. The summed E-state index contributed by atoms with van der Waals surface area (Å²) >= 11 is 0. The van der Waals surface area contributed by atoms with Gasteiger partial charge in [0.25, 0.3) is 0 Å². The van der Waals surface area contributed by atoms with Gasteiger partial charge in [0.15, 0.2) is 0 Å². The first-order chi connectivity index (χ1) is 11.7. The maximum Gasteiger partial charge on any atom is 0.137 e. The first-order valence-electron chi connectivity index (χ1n) is 10.4. The zero-order chi connectivity index (χ0) is 18.1. The number of aliphatic hydroxyl groups is 1. The summed E-state index contributed by atoms with van der Waals surface area (Å²) in [6.07, 6.45) is 6.30. The van der Waals surface area contributed by atoms with Gasteiger partial charge in [-0.15, -0.1) is 0 Å². The minimum absolute atomic E-state index is 0.0499. The van der Waals surface area contributed by atoms with Crippen molar-refractivity contribution in [3.8, 4) is 0 Å². The Bertz CT molecular complexity index is 598. The van der Waals surface area contributed by atoms with Crippen molar-refractivity contribution in [1.82, 2.24) is 0 Å². The van der Waals surface area contributed by atoms with Gasteiger partial charge < -0.3 is 5.11 Å². The topological polar surface area (TPSA) is 54.4 Å². The molecule has 4 aliphatic carbocycles. The van der Waals surface area contributed by atoms with E-state index < -0.39 is 0 Å². The fourth-order valence-electron chi connectivity index (χ4n) is 8.21. The highest BCUT2D eigenvalue weighted by Gasteiger charge is 2.64. The van der Waals surface area contributed by atoms with Crippen LogP contribution in [-0.4, -0.2) is 22.8 Å². The Labute approximate surface area is 151 Å². The highest BCUT2D eigenvalue weighted by molar-refractivity contribution is 5.87. The molecule has 4 aliphatic rings. The van der Waals surface area contributed by atoms with Crippen molar-refractivity contribution >= 4 is 11.6 Å². The third-order valence-electron chi connectivity index (χ3n) is 9.18. The fourth-order valence-corrected chi connectivity index (χ4v) is 8.21. The largest absolute Gasteiger partial charge is 0.393 e. The molecule has 0 unspecified atom stereocenters. The molecule has 0 aliphatic heterocycles. The van der Waals surface area contributed by atoms with Crippen molar-refractivity contribution in [3.05, 3.63) is 0 Å². The Morgan fingerprint density at radius 1 is 1.08 bits per heavy atom. The quantitative estimate of drug-likeness (QED) is 0.780. The van der Waals surface area contributed by atoms with Crippen LogP contribution in [0, 0.1) is 46.3 Å². The molecule has 0 radical (unpaired) electrons. The van der Waals surface area contributed by atoms with Crippen LogP contribution >= 0.6 is 0 Å². The van der Waals surface area contributed by atoms with Crippen molar-refractivity contribution < 1.29 is 14.7 Å². The van der Waals surface area contributed by atoms with E-state index in [-0.39, 0.29) is 34.6 Å². The van der Waals surface area contributed by atoms with Gasteiger partial charge in [0.2, 0.25) is 0 Å². The van der Waals surface area contributed by atoms with Crippen molar-refractivity contribution in [2.24, 2.45) is 46.3 Å². The number of aliphatic hydroxyl groups excluding tert-OH is 1. The van der Waals surface area contributed by atoms with Crippen LogP contribution in [0.4, 0.5) is 0 Å². The number of fused-ring (bicyclic) bond motifs is 5. The van der Waals surface area contributed by atoms with Gasteiger partial charge in [-0.05, 0) is 80.0 Å². The van der Waals surface area contributed by atoms with Crippen molar-refractivity contribution in [3.63, 3.8) is 0 Å². The molecule has 0 aromatic carbocycles. The zero-order valence-corrected chi connectivity index (χ0v) is 16.3. The van der Waals surface area contributed by atoms with E-state index in [2.05, 4.69) is 20.8 Å². The zero-order valence-electron chi connectivity index (χ0n) is 16.3. The first-order valence-corrected chi connectivity index (χ1v) is 10.4. The Balaban J connectivity index is 1.72. The van der Waals surface area contributed by atoms with Gasteiger partial charge in [-0.3, -0.25) is 9.59 Å². The molecule has 0 heterocycles. The Morgan fingerprint density at radius 3 is 2.48 bits per heavy atom. The minimum Gasteiger partial charge on any atom is -0.393 e. The second-order valence-electron chi connectivity index (χ2n) is 10.4. The molecule has 4 fully saturated rings. The molecule has 0 saturated heterocycles. The van der Waals surface area contributed by atoms with Crippen LogP contribution in [-0.2, 0) is 9.59 Å². The number of Topliss-reactive ketones (excluding diaryl/α,β-unsaturated/α-hetero) is 2. The normalized spacial score (nSPS) is 55.2. The molecular weight excluding hydrogens is 312 g/mol. The Morgan fingerprint density at radius 2 is 1.80 bits per heavy atom. The lowest BCUT2D eigenvalue weighted by molar-refractivity contribution is -0.169. The van der Waals surface area contributed by atoms with Gasteiger partial charge >= 0.3 is 0 Å². The van der Waals surface area contributed by atoms with Crippen LogP contribution < -0.4 is 0 Å². The van der Waals surface area contributed by atoms with Gasteiger partial charge in [-0.2, -0.15) is 0 Å². The molecular formula is C22H34O3. The molecule has 140 valence electrons. The van der Waals surface area contributed by atoms with Crippen LogP contribution in [0.15, 0.2) is 0 Å². The standard InChI is InChI=1S/C22H34O3/c1-12-9-15-17-6-5-16(13(2)23)22(17,4)11-19(25)20(15)21(3)8-7-14(24)10-18(12)21/h12,14-18,20,24H,5-11H2,1-4H3/t12-,14-,15+,16-,17+,18-,20-,21+,22-/m1/s1. The molecule has 25 heavy (non-hydrogen) atoms. The van der Waals surface area contributed by atoms with Gasteiger partial charge in [0.1, 0.15) is 11.6 Å². The van der Waals surface area contributed by atoms with Crippen molar-refractivity contribution in [1.29, 1.82) is 0 Å². The van der Waals surface area contributed by atoms with E-state index in [1.54, 1.807) is 6.92 Å². The molecule has 4 rings (SSSR count). The van der Waals surface area contributed by atoms with Crippen LogP contribution in [0.1, 0.15) is 72.6 Å². The monoisotopic (exact) mass is 346 g/mol. The van der Waals surface area contributed by atoms with Crippen LogP contribution in [0.25, 0.3) is 0 Å². The molecule has 3 heteroatoms. The summed E-state index contributed by atoms with van der Waals surface area (Å²) in [6.45, 7) is 8.63. The number of carbonyl (C=O) groups excluding carboxylic acids is 2. The molecule has 4 saturated carbocycles. The second-order valence-corrected chi connectivity index (χ2v) is 10.4. The molecule has 0 aromatic rings. The van der Waals surface area contributed by atoms with Crippen LogP contribution in [0.3, 0.4) is 0 Å². The second kappa shape index (κ2) is 5.65. The summed E-state index contributed by atoms with van der Waals surface area (Å²) in [7, 11) is 0. The predicted molar refractivity (Wildman–Crippen MR) is 96.8 cm³/mol. The van der Waals surface area contributed by atoms with E-state index in [0.29, 0.717) is 35.9 Å². The Hall–Kier alpha value is -0.700. The molecule has 3 nitrogen and oxygen atoms in total. The molecule has 0 aromatic heterocycles. The molecule has 9 atom stereocenters. The number of carbonyl (C=O) groups is 2. The van der Waals surface area contributed by atoms with Crippen molar-refractivity contribution in [2.75, 3.05) is 0 Å². The van der Waals surface area contributed by atoms with Gasteiger partial charge in [-0.1, -0.05) is 20.8 Å². The highest BCUT2D eigenvalue weighted by atomic mass is 16.3. The maximum absolute atomic E-state index is 13.4. The van der Waals surface area contributed by atoms with Crippen LogP contribution in [0.2, 0.25) is 0 Å². The average Bonchev–Trinajstić information content (AvgIpc) is 2.85. The van der Waals surface area contributed by atoms with Gasteiger partial charge in [0.05, 0.1) is 6.10 Å². The first kappa shape index (κ1) is 17.7.